The second-order valence-corrected chi connectivity index (χ2v) is 5.76. The van der Waals surface area contributed by atoms with Gasteiger partial charge in [-0.25, -0.2) is 4.98 Å². The summed E-state index contributed by atoms with van der Waals surface area (Å²) in [7, 11) is 0. The van der Waals surface area contributed by atoms with E-state index in [1.807, 2.05) is 12.1 Å². The number of nitrogen functional groups attached to an aromatic ring is 1. The van der Waals surface area contributed by atoms with Gasteiger partial charge in [0.25, 0.3) is 0 Å². The molecule has 0 amide bonds. The minimum absolute atomic E-state index is 0.199. The van der Waals surface area contributed by atoms with Crippen LogP contribution in [0.1, 0.15) is 10.6 Å². The topological polar surface area (TPSA) is 48.1 Å². The van der Waals surface area contributed by atoms with E-state index in [2.05, 4.69) is 4.98 Å². The van der Waals surface area contributed by atoms with E-state index in [0.29, 0.717) is 11.4 Å². The Morgan fingerprint density at radius 2 is 1.82 bits per heavy atom. The van der Waals surface area contributed by atoms with Crippen LogP contribution in [0.4, 0.5) is 18.9 Å². The van der Waals surface area contributed by atoms with E-state index in [4.69, 9.17) is 10.5 Å². The lowest BCUT2D eigenvalue weighted by Gasteiger charge is -2.08. The van der Waals surface area contributed by atoms with Gasteiger partial charge in [0.1, 0.15) is 17.4 Å². The number of thiazole rings is 1. The van der Waals surface area contributed by atoms with Gasteiger partial charge >= 0.3 is 6.18 Å². The molecule has 7 heteroatoms. The molecule has 114 valence electrons. The van der Waals surface area contributed by atoms with Crippen molar-refractivity contribution >= 4 is 27.2 Å². The molecule has 0 aliphatic carbocycles. The summed E-state index contributed by atoms with van der Waals surface area (Å²) < 4.78 is 43.8. The van der Waals surface area contributed by atoms with Crippen LogP contribution in [0.25, 0.3) is 10.2 Å². The van der Waals surface area contributed by atoms with E-state index in [1.165, 1.54) is 23.5 Å². The van der Waals surface area contributed by atoms with Gasteiger partial charge in [0.2, 0.25) is 0 Å². The van der Waals surface area contributed by atoms with Crippen LogP contribution in [-0.2, 0) is 12.8 Å². The van der Waals surface area contributed by atoms with Crippen molar-refractivity contribution in [3.63, 3.8) is 0 Å². The summed E-state index contributed by atoms with van der Waals surface area (Å²) in [5.74, 6) is 0.367. The molecule has 0 aliphatic rings. The van der Waals surface area contributed by atoms with E-state index in [-0.39, 0.29) is 6.61 Å². The van der Waals surface area contributed by atoms with Gasteiger partial charge in [-0.2, -0.15) is 13.2 Å². The fraction of sp³-hybridized carbons (Fsp3) is 0.133. The molecule has 0 bridgehead atoms. The average molecular weight is 324 g/mol. The number of ether oxygens (including phenoxy) is 1. The van der Waals surface area contributed by atoms with E-state index >= 15 is 0 Å². The SMILES string of the molecule is Nc1ccc2nc(COc3ccc(C(F)(F)F)cc3)sc2c1. The van der Waals surface area contributed by atoms with Crippen molar-refractivity contribution in [1.29, 1.82) is 0 Å². The highest BCUT2D eigenvalue weighted by atomic mass is 32.1. The third-order valence-electron chi connectivity index (χ3n) is 3.00. The van der Waals surface area contributed by atoms with Gasteiger partial charge in [0, 0.05) is 5.69 Å². The van der Waals surface area contributed by atoms with Gasteiger partial charge in [0.15, 0.2) is 0 Å². The molecule has 0 radical (unpaired) electrons. The number of fused-ring (bicyclic) bond motifs is 1. The maximum atomic E-state index is 12.5. The Kier molecular flexibility index (Phi) is 3.66. The molecule has 2 aromatic carbocycles. The Bertz CT molecular complexity index is 797. The molecule has 0 saturated carbocycles. The third-order valence-corrected chi connectivity index (χ3v) is 3.99. The molecule has 0 fully saturated rings. The monoisotopic (exact) mass is 324 g/mol. The van der Waals surface area contributed by atoms with E-state index in [1.54, 1.807) is 6.07 Å². The van der Waals surface area contributed by atoms with Crippen LogP contribution in [0.2, 0.25) is 0 Å². The summed E-state index contributed by atoms with van der Waals surface area (Å²) in [6.07, 6.45) is -4.34. The van der Waals surface area contributed by atoms with Crippen LogP contribution in [0, 0.1) is 0 Å². The minimum atomic E-state index is -4.34. The van der Waals surface area contributed by atoms with Crippen molar-refractivity contribution in [2.75, 3.05) is 5.73 Å². The molecule has 0 saturated heterocycles. The van der Waals surface area contributed by atoms with Gasteiger partial charge in [-0.1, -0.05) is 0 Å². The third kappa shape index (κ3) is 3.14. The molecule has 0 aliphatic heterocycles. The molecule has 1 aromatic heterocycles. The zero-order valence-corrected chi connectivity index (χ0v) is 12.0. The first-order chi connectivity index (χ1) is 10.4. The number of hydrogen-bond acceptors (Lipinski definition) is 4. The van der Waals surface area contributed by atoms with Gasteiger partial charge < -0.3 is 10.5 Å². The Morgan fingerprint density at radius 1 is 1.09 bits per heavy atom. The van der Waals surface area contributed by atoms with Crippen LogP contribution in [-0.4, -0.2) is 4.98 Å². The number of aromatic nitrogens is 1. The number of benzene rings is 2. The largest absolute Gasteiger partial charge is 0.486 e. The van der Waals surface area contributed by atoms with Crippen LogP contribution in [0.15, 0.2) is 42.5 Å². The van der Waals surface area contributed by atoms with Gasteiger partial charge in [-0.3, -0.25) is 0 Å². The predicted molar refractivity (Wildman–Crippen MR) is 79.8 cm³/mol. The normalized spacial score (nSPS) is 11.8. The number of hydrogen-bond donors (Lipinski definition) is 1. The number of nitrogens with zero attached hydrogens (tertiary/aromatic N) is 1. The summed E-state index contributed by atoms with van der Waals surface area (Å²) in [6, 6.07) is 10.0. The number of nitrogens with two attached hydrogens (primary N) is 1. The summed E-state index contributed by atoms with van der Waals surface area (Å²) >= 11 is 1.44. The Balaban J connectivity index is 1.71. The van der Waals surface area contributed by atoms with Crippen molar-refractivity contribution in [3.8, 4) is 5.75 Å². The highest BCUT2D eigenvalue weighted by Gasteiger charge is 2.30. The maximum Gasteiger partial charge on any atom is 0.416 e. The summed E-state index contributed by atoms with van der Waals surface area (Å²) in [5, 5.41) is 0.737. The molecule has 3 rings (SSSR count). The maximum absolute atomic E-state index is 12.5. The molecule has 2 N–H and O–H groups in total. The Morgan fingerprint density at radius 3 is 2.50 bits per heavy atom. The quantitative estimate of drug-likeness (QED) is 0.723. The highest BCUT2D eigenvalue weighted by Crippen LogP contribution is 2.30. The summed E-state index contributed by atoms with van der Waals surface area (Å²) in [6.45, 7) is 0.199. The first kappa shape index (κ1) is 14.6. The van der Waals surface area contributed by atoms with Crippen LogP contribution < -0.4 is 10.5 Å². The fourth-order valence-electron chi connectivity index (χ4n) is 1.94. The lowest BCUT2D eigenvalue weighted by Crippen LogP contribution is -2.04. The fourth-order valence-corrected chi connectivity index (χ4v) is 2.86. The molecular weight excluding hydrogens is 313 g/mol. The molecule has 0 atom stereocenters. The van der Waals surface area contributed by atoms with Crippen LogP contribution in [0.5, 0.6) is 5.75 Å². The zero-order chi connectivity index (χ0) is 15.7. The lowest BCUT2D eigenvalue weighted by atomic mass is 10.2. The number of halogens is 3. The molecular formula is C15H11F3N2OS. The molecule has 3 aromatic rings. The number of anilines is 1. The molecule has 0 spiro atoms. The Labute approximate surface area is 128 Å². The van der Waals surface area contributed by atoms with Gasteiger partial charge in [-0.05, 0) is 42.5 Å². The summed E-state index contributed by atoms with van der Waals surface area (Å²) in [4.78, 5) is 4.38. The van der Waals surface area contributed by atoms with Crippen molar-refractivity contribution in [2.24, 2.45) is 0 Å². The first-order valence-electron chi connectivity index (χ1n) is 6.37. The van der Waals surface area contributed by atoms with Crippen LogP contribution >= 0.6 is 11.3 Å². The summed E-state index contributed by atoms with van der Waals surface area (Å²) in [5.41, 5.74) is 6.49. The molecule has 22 heavy (non-hydrogen) atoms. The van der Waals surface area contributed by atoms with E-state index in [0.717, 1.165) is 27.4 Å². The Hall–Kier alpha value is -2.28. The second-order valence-electron chi connectivity index (χ2n) is 4.65. The van der Waals surface area contributed by atoms with Gasteiger partial charge in [0.05, 0.1) is 15.8 Å². The minimum Gasteiger partial charge on any atom is -0.486 e. The molecule has 3 nitrogen and oxygen atoms in total. The average Bonchev–Trinajstić information content (AvgIpc) is 2.86. The van der Waals surface area contributed by atoms with E-state index in [9.17, 15) is 13.2 Å². The number of rotatable bonds is 3. The van der Waals surface area contributed by atoms with Crippen molar-refractivity contribution in [1.82, 2.24) is 4.98 Å². The zero-order valence-electron chi connectivity index (χ0n) is 11.2. The van der Waals surface area contributed by atoms with Crippen molar-refractivity contribution in [2.45, 2.75) is 12.8 Å². The van der Waals surface area contributed by atoms with Crippen LogP contribution in [0.3, 0.4) is 0 Å². The number of alkyl halides is 3. The molecule has 0 unspecified atom stereocenters. The van der Waals surface area contributed by atoms with Crippen molar-refractivity contribution < 1.29 is 17.9 Å². The lowest BCUT2D eigenvalue weighted by molar-refractivity contribution is -0.137. The molecule has 1 heterocycles. The van der Waals surface area contributed by atoms with Crippen molar-refractivity contribution in [3.05, 3.63) is 53.0 Å². The second kappa shape index (κ2) is 5.49. The smallest absolute Gasteiger partial charge is 0.416 e. The van der Waals surface area contributed by atoms with Gasteiger partial charge in [-0.15, -0.1) is 11.3 Å². The first-order valence-corrected chi connectivity index (χ1v) is 7.18. The standard InChI is InChI=1S/C15H11F3N2OS/c16-15(17,18)9-1-4-11(5-2-9)21-8-14-20-12-6-3-10(19)7-13(12)22-14/h1-7H,8,19H2. The highest BCUT2D eigenvalue weighted by molar-refractivity contribution is 7.18. The predicted octanol–water partition coefficient (Wildman–Crippen LogP) is 4.48. The van der Waals surface area contributed by atoms with E-state index < -0.39 is 11.7 Å².